The van der Waals surface area contributed by atoms with Gasteiger partial charge >= 0.3 is 0 Å². The maximum Gasteiger partial charge on any atom is 0.0625 e. The first-order valence-corrected chi connectivity index (χ1v) is 6.52. The average molecular weight is 227 g/mol. The molecule has 0 spiro atoms. The van der Waals surface area contributed by atoms with E-state index in [1.807, 2.05) is 29.7 Å². The summed E-state index contributed by atoms with van der Waals surface area (Å²) in [6, 6.07) is 0.607. The Bertz CT molecular complexity index is 271. The molecule has 1 rings (SSSR count). The first-order chi connectivity index (χ1) is 7.18. The van der Waals surface area contributed by atoms with Crippen LogP contribution in [0.25, 0.3) is 0 Å². The van der Waals surface area contributed by atoms with Gasteiger partial charge in [0.1, 0.15) is 0 Å². The van der Waals surface area contributed by atoms with Crippen LogP contribution in [0.4, 0.5) is 0 Å². The van der Waals surface area contributed by atoms with Crippen LogP contribution in [0.15, 0.2) is 17.3 Å². The van der Waals surface area contributed by atoms with Gasteiger partial charge in [-0.25, -0.2) is 0 Å². The molecule has 0 aliphatic heterocycles. The van der Waals surface area contributed by atoms with Gasteiger partial charge in [-0.1, -0.05) is 13.8 Å². The Morgan fingerprint density at radius 3 is 2.87 bits per heavy atom. The van der Waals surface area contributed by atoms with E-state index in [1.54, 1.807) is 0 Å². The molecule has 0 unspecified atom stereocenters. The fourth-order valence-electron chi connectivity index (χ4n) is 1.28. The van der Waals surface area contributed by atoms with Crippen LogP contribution in [-0.4, -0.2) is 28.1 Å². The fourth-order valence-corrected chi connectivity index (χ4v) is 2.21. The SMILES string of the molecule is CC(C)NCCCCSc1cnn(C)c1. The van der Waals surface area contributed by atoms with Crippen LogP contribution in [0.5, 0.6) is 0 Å². The summed E-state index contributed by atoms with van der Waals surface area (Å²) < 4.78 is 1.85. The van der Waals surface area contributed by atoms with Crippen LogP contribution in [0.1, 0.15) is 26.7 Å². The van der Waals surface area contributed by atoms with Crippen molar-refractivity contribution < 1.29 is 0 Å². The lowest BCUT2D eigenvalue weighted by atomic mass is 10.3. The zero-order valence-corrected chi connectivity index (χ0v) is 10.7. The van der Waals surface area contributed by atoms with Gasteiger partial charge in [-0.15, -0.1) is 11.8 Å². The lowest BCUT2D eigenvalue weighted by Gasteiger charge is -2.06. The molecule has 0 radical (unpaired) electrons. The molecule has 0 saturated heterocycles. The number of unbranched alkanes of at least 4 members (excludes halogenated alkanes) is 1. The van der Waals surface area contributed by atoms with E-state index in [-0.39, 0.29) is 0 Å². The minimum Gasteiger partial charge on any atom is -0.315 e. The van der Waals surface area contributed by atoms with Gasteiger partial charge in [-0.3, -0.25) is 4.68 Å². The van der Waals surface area contributed by atoms with Crippen molar-refractivity contribution in [3.05, 3.63) is 12.4 Å². The number of hydrogen-bond donors (Lipinski definition) is 1. The van der Waals surface area contributed by atoms with Crippen LogP contribution in [0.3, 0.4) is 0 Å². The smallest absolute Gasteiger partial charge is 0.0625 e. The molecule has 0 aliphatic rings. The Morgan fingerprint density at radius 1 is 1.47 bits per heavy atom. The standard InChI is InChI=1S/C11H21N3S/c1-10(2)12-6-4-5-7-15-11-8-13-14(3)9-11/h8-10,12H,4-7H2,1-3H3. The molecule has 15 heavy (non-hydrogen) atoms. The van der Waals surface area contributed by atoms with Gasteiger partial charge in [-0.05, 0) is 25.1 Å². The van der Waals surface area contributed by atoms with Crippen LogP contribution in [0.2, 0.25) is 0 Å². The second-order valence-electron chi connectivity index (χ2n) is 4.01. The van der Waals surface area contributed by atoms with Crippen molar-refractivity contribution in [2.24, 2.45) is 7.05 Å². The second kappa shape index (κ2) is 6.90. The summed E-state index contributed by atoms with van der Waals surface area (Å²) in [7, 11) is 1.95. The van der Waals surface area contributed by atoms with Crippen molar-refractivity contribution in [3.63, 3.8) is 0 Å². The monoisotopic (exact) mass is 227 g/mol. The summed E-state index contributed by atoms with van der Waals surface area (Å²) >= 11 is 1.89. The number of rotatable bonds is 7. The molecule has 0 saturated carbocycles. The fraction of sp³-hybridized carbons (Fsp3) is 0.727. The highest BCUT2D eigenvalue weighted by atomic mass is 32.2. The normalized spacial score (nSPS) is 11.2. The molecule has 1 aromatic heterocycles. The molecule has 1 heterocycles. The van der Waals surface area contributed by atoms with Crippen LogP contribution in [-0.2, 0) is 7.05 Å². The minimum atomic E-state index is 0.607. The number of nitrogens with zero attached hydrogens (tertiary/aromatic N) is 2. The Labute approximate surface area is 96.6 Å². The number of nitrogens with one attached hydrogen (secondary N) is 1. The maximum absolute atomic E-state index is 4.14. The third kappa shape index (κ3) is 5.85. The predicted octanol–water partition coefficient (Wildman–Crippen LogP) is 2.29. The molecule has 1 N–H and O–H groups in total. The van der Waals surface area contributed by atoms with E-state index in [4.69, 9.17) is 0 Å². The highest BCUT2D eigenvalue weighted by Crippen LogP contribution is 2.17. The average Bonchev–Trinajstić information content (AvgIpc) is 2.57. The topological polar surface area (TPSA) is 29.9 Å². The molecule has 0 bridgehead atoms. The van der Waals surface area contributed by atoms with Crippen molar-refractivity contribution >= 4 is 11.8 Å². The molecule has 0 fully saturated rings. The first-order valence-electron chi connectivity index (χ1n) is 5.53. The van der Waals surface area contributed by atoms with Crippen molar-refractivity contribution in [2.75, 3.05) is 12.3 Å². The van der Waals surface area contributed by atoms with E-state index in [1.165, 1.54) is 23.5 Å². The van der Waals surface area contributed by atoms with Crippen LogP contribution >= 0.6 is 11.8 Å². The van der Waals surface area contributed by atoms with Crippen molar-refractivity contribution in [3.8, 4) is 0 Å². The number of aryl methyl sites for hydroxylation is 1. The van der Waals surface area contributed by atoms with Crippen LogP contribution in [0, 0.1) is 0 Å². The molecule has 4 heteroatoms. The highest BCUT2D eigenvalue weighted by molar-refractivity contribution is 7.99. The van der Waals surface area contributed by atoms with Crippen molar-refractivity contribution in [1.29, 1.82) is 0 Å². The molecule has 0 aliphatic carbocycles. The number of thioether (sulfide) groups is 1. The largest absolute Gasteiger partial charge is 0.315 e. The highest BCUT2D eigenvalue weighted by Gasteiger charge is 1.97. The Hall–Kier alpha value is -0.480. The summed E-state index contributed by atoms with van der Waals surface area (Å²) in [5, 5.41) is 7.56. The third-order valence-corrected chi connectivity index (χ3v) is 3.11. The number of hydrogen-bond acceptors (Lipinski definition) is 3. The van der Waals surface area contributed by atoms with Gasteiger partial charge < -0.3 is 5.32 Å². The molecular formula is C11H21N3S. The number of aromatic nitrogens is 2. The van der Waals surface area contributed by atoms with E-state index in [0.717, 1.165) is 6.54 Å². The molecule has 3 nitrogen and oxygen atoms in total. The van der Waals surface area contributed by atoms with Gasteiger partial charge in [0.2, 0.25) is 0 Å². The summed E-state index contributed by atoms with van der Waals surface area (Å²) in [6.07, 6.45) is 6.51. The van der Waals surface area contributed by atoms with Gasteiger partial charge in [-0.2, -0.15) is 5.10 Å². The molecule has 1 aromatic rings. The van der Waals surface area contributed by atoms with E-state index in [0.29, 0.717) is 6.04 Å². The third-order valence-electron chi connectivity index (χ3n) is 2.07. The Balaban J connectivity index is 1.98. The quantitative estimate of drug-likeness (QED) is 0.572. The minimum absolute atomic E-state index is 0.607. The van der Waals surface area contributed by atoms with Gasteiger partial charge in [0, 0.05) is 24.2 Å². The summed E-state index contributed by atoms with van der Waals surface area (Å²) in [6.45, 7) is 5.50. The summed E-state index contributed by atoms with van der Waals surface area (Å²) in [5.74, 6) is 1.19. The van der Waals surface area contributed by atoms with Gasteiger partial charge in [0.15, 0.2) is 0 Å². The van der Waals surface area contributed by atoms with Crippen LogP contribution < -0.4 is 5.32 Å². The van der Waals surface area contributed by atoms with E-state index < -0.39 is 0 Å². The van der Waals surface area contributed by atoms with Crippen molar-refractivity contribution in [2.45, 2.75) is 37.6 Å². The van der Waals surface area contributed by atoms with Gasteiger partial charge in [0.05, 0.1) is 6.20 Å². The van der Waals surface area contributed by atoms with Gasteiger partial charge in [0.25, 0.3) is 0 Å². The predicted molar refractivity (Wildman–Crippen MR) is 66.3 cm³/mol. The zero-order valence-electron chi connectivity index (χ0n) is 9.86. The Kier molecular flexibility index (Phi) is 5.79. The van der Waals surface area contributed by atoms with E-state index >= 15 is 0 Å². The molecule has 0 amide bonds. The lowest BCUT2D eigenvalue weighted by Crippen LogP contribution is -2.23. The molecular weight excluding hydrogens is 206 g/mol. The lowest BCUT2D eigenvalue weighted by molar-refractivity contribution is 0.567. The first kappa shape index (κ1) is 12.6. The van der Waals surface area contributed by atoms with E-state index in [9.17, 15) is 0 Å². The molecule has 86 valence electrons. The summed E-state index contributed by atoms with van der Waals surface area (Å²) in [5.41, 5.74) is 0. The summed E-state index contributed by atoms with van der Waals surface area (Å²) in [4.78, 5) is 1.27. The zero-order chi connectivity index (χ0) is 11.1. The molecule has 0 aromatic carbocycles. The maximum atomic E-state index is 4.14. The van der Waals surface area contributed by atoms with E-state index in [2.05, 4.69) is 30.5 Å². The Morgan fingerprint density at radius 2 is 2.27 bits per heavy atom. The van der Waals surface area contributed by atoms with Crippen molar-refractivity contribution in [1.82, 2.24) is 15.1 Å². The second-order valence-corrected chi connectivity index (χ2v) is 5.18. The molecule has 0 atom stereocenters.